The number of amides is 4. The van der Waals surface area contributed by atoms with Crippen LogP contribution in [0.4, 0.5) is 5.69 Å². The zero-order valence-electron chi connectivity index (χ0n) is 25.0. The molecule has 2 saturated heterocycles. The van der Waals surface area contributed by atoms with Crippen molar-refractivity contribution in [3.8, 4) is 0 Å². The number of halogens is 1. The molecule has 4 amide bonds. The Bertz CT molecular complexity index is 1540. The van der Waals surface area contributed by atoms with Gasteiger partial charge in [0.15, 0.2) is 5.60 Å². The number of oxime groups is 1. The van der Waals surface area contributed by atoms with E-state index < -0.39 is 47.1 Å². The lowest BCUT2D eigenvalue weighted by atomic mass is 9.91. The zero-order valence-corrected chi connectivity index (χ0v) is 25.8. The molecule has 1 saturated carbocycles. The number of hydrogen-bond acceptors (Lipinski definition) is 7. The highest BCUT2D eigenvalue weighted by atomic mass is 35.5. The maximum Gasteiger partial charge on any atom is 0.289 e. The number of anilines is 1. The molecule has 4 aliphatic rings. The van der Waals surface area contributed by atoms with Gasteiger partial charge >= 0.3 is 0 Å². The molecule has 3 heterocycles. The van der Waals surface area contributed by atoms with Gasteiger partial charge in [-0.3, -0.25) is 24.0 Å². The summed E-state index contributed by atoms with van der Waals surface area (Å²) in [6, 6.07) is 14.3. The van der Waals surface area contributed by atoms with E-state index >= 15 is 0 Å². The van der Waals surface area contributed by atoms with E-state index in [9.17, 15) is 24.0 Å². The highest BCUT2D eigenvalue weighted by molar-refractivity contribution is 6.38. The molecular formula is C33H36ClN5O6. The minimum atomic E-state index is -1.04. The van der Waals surface area contributed by atoms with Gasteiger partial charge in [-0.15, -0.1) is 0 Å². The Morgan fingerprint density at radius 2 is 1.87 bits per heavy atom. The second-order valence-electron chi connectivity index (χ2n) is 12.3. The van der Waals surface area contributed by atoms with E-state index in [1.54, 1.807) is 23.1 Å². The van der Waals surface area contributed by atoms with Crippen LogP contribution in [0.3, 0.4) is 0 Å². The van der Waals surface area contributed by atoms with Crippen molar-refractivity contribution in [2.75, 3.05) is 18.0 Å². The Morgan fingerprint density at radius 1 is 1.09 bits per heavy atom. The smallest absolute Gasteiger partial charge is 0.289 e. The van der Waals surface area contributed by atoms with Gasteiger partial charge in [-0.1, -0.05) is 60.4 Å². The van der Waals surface area contributed by atoms with Gasteiger partial charge in [0.05, 0.1) is 18.3 Å². The molecule has 3 aliphatic heterocycles. The van der Waals surface area contributed by atoms with Crippen molar-refractivity contribution in [2.45, 2.75) is 75.6 Å². The molecule has 0 radical (unpaired) electrons. The fraction of sp³-hybridized carbons (Fsp3) is 0.455. The molecule has 3 fully saturated rings. The van der Waals surface area contributed by atoms with Crippen LogP contribution < -0.4 is 15.5 Å². The number of nitrogens with zero attached hydrogens (tertiary/aromatic N) is 3. The van der Waals surface area contributed by atoms with E-state index in [-0.39, 0.29) is 31.3 Å². The molecule has 1 unspecified atom stereocenters. The van der Waals surface area contributed by atoms with Crippen LogP contribution in [-0.2, 0) is 28.8 Å². The van der Waals surface area contributed by atoms with Crippen LogP contribution in [0.15, 0.2) is 59.8 Å². The van der Waals surface area contributed by atoms with Crippen molar-refractivity contribution in [3.05, 3.63) is 65.2 Å². The average Bonchev–Trinajstić information content (AvgIpc) is 3.44. The molecule has 0 aromatic heterocycles. The lowest BCUT2D eigenvalue weighted by molar-refractivity contribution is -0.146. The first-order valence-corrected chi connectivity index (χ1v) is 15.9. The van der Waals surface area contributed by atoms with Crippen molar-refractivity contribution < 1.29 is 28.8 Å². The molecule has 12 heteroatoms. The summed E-state index contributed by atoms with van der Waals surface area (Å²) in [5.74, 6) is -3.77. The maximum absolute atomic E-state index is 14.1. The van der Waals surface area contributed by atoms with E-state index in [0.29, 0.717) is 42.2 Å². The van der Waals surface area contributed by atoms with Crippen LogP contribution in [-0.4, -0.2) is 76.8 Å². The number of ketones is 1. The summed E-state index contributed by atoms with van der Waals surface area (Å²) in [7, 11) is 0. The van der Waals surface area contributed by atoms with Gasteiger partial charge in [0.1, 0.15) is 12.0 Å². The average molecular weight is 634 g/mol. The van der Waals surface area contributed by atoms with Crippen LogP contribution in [0.5, 0.6) is 0 Å². The SMILES string of the molecule is CCC[C@H](NC(=O)[C@@H]1C[C@]2(CC(c3cccc(Cl)c3)=NO2)CN1C(=O)C1CCN(c2ccccc2)C1=O)C(=O)C(=O)NC1CC1. The van der Waals surface area contributed by atoms with Crippen molar-refractivity contribution in [2.24, 2.45) is 11.1 Å². The van der Waals surface area contributed by atoms with Gasteiger partial charge in [0.25, 0.3) is 5.91 Å². The van der Waals surface area contributed by atoms with E-state index in [1.807, 2.05) is 43.3 Å². The maximum atomic E-state index is 14.1. The minimum absolute atomic E-state index is 0.00478. The summed E-state index contributed by atoms with van der Waals surface area (Å²) in [6.07, 6.45) is 3.18. The van der Waals surface area contributed by atoms with Gasteiger partial charge in [-0.05, 0) is 49.9 Å². The zero-order chi connectivity index (χ0) is 31.7. The highest BCUT2D eigenvalue weighted by Gasteiger charge is 2.56. The van der Waals surface area contributed by atoms with Crippen LogP contribution in [0, 0.1) is 5.92 Å². The predicted molar refractivity (Wildman–Crippen MR) is 166 cm³/mol. The Morgan fingerprint density at radius 3 is 2.58 bits per heavy atom. The number of Topliss-reactive ketones (excluding diaryl/α,β-unsaturated/α-hetero) is 1. The number of rotatable bonds is 10. The standard InChI is InChI=1S/C33H36ClN5O6/c1-2-7-25(28(40)30(42)35-22-12-13-22)36-29(41)27-18-33(17-26(37-45-33)20-8-6-9-21(34)16-20)19-39(27)32(44)24-14-15-38(31(24)43)23-10-4-3-5-11-23/h3-6,8-11,16,22,24-25,27H,2,7,12-15,17-19H2,1H3,(H,35,42)(H,36,41)/t24?,25-,27-,33+/m0/s1. The molecule has 1 spiro atoms. The fourth-order valence-electron chi connectivity index (χ4n) is 6.39. The quantitative estimate of drug-likeness (QED) is 0.305. The molecule has 45 heavy (non-hydrogen) atoms. The van der Waals surface area contributed by atoms with E-state index in [4.69, 9.17) is 16.4 Å². The number of benzene rings is 2. The fourth-order valence-corrected chi connectivity index (χ4v) is 6.58. The van der Waals surface area contributed by atoms with Crippen LogP contribution >= 0.6 is 11.6 Å². The normalized spacial score (nSPS) is 24.8. The highest BCUT2D eigenvalue weighted by Crippen LogP contribution is 2.40. The van der Waals surface area contributed by atoms with Crippen molar-refractivity contribution in [3.63, 3.8) is 0 Å². The minimum Gasteiger partial charge on any atom is -0.387 e. The third-order valence-electron chi connectivity index (χ3n) is 8.90. The number of hydrogen-bond donors (Lipinski definition) is 2. The summed E-state index contributed by atoms with van der Waals surface area (Å²) < 4.78 is 0. The Balaban J connectivity index is 1.23. The van der Waals surface area contributed by atoms with Gasteiger partial charge in [0, 0.05) is 41.7 Å². The van der Waals surface area contributed by atoms with Gasteiger partial charge in [-0.2, -0.15) is 0 Å². The molecular weight excluding hydrogens is 598 g/mol. The number of nitrogens with one attached hydrogen (secondary N) is 2. The third-order valence-corrected chi connectivity index (χ3v) is 9.14. The molecule has 1 aliphatic carbocycles. The summed E-state index contributed by atoms with van der Waals surface area (Å²) in [5.41, 5.74) is 1.09. The topological polar surface area (TPSA) is 137 Å². The van der Waals surface area contributed by atoms with Crippen LogP contribution in [0.2, 0.25) is 5.02 Å². The Labute approximate surface area is 266 Å². The first kappa shape index (κ1) is 30.8. The number of carbonyl (C=O) groups excluding carboxylic acids is 5. The van der Waals surface area contributed by atoms with E-state index in [2.05, 4.69) is 15.8 Å². The van der Waals surface area contributed by atoms with Gasteiger partial charge in [0.2, 0.25) is 23.5 Å². The summed E-state index contributed by atoms with van der Waals surface area (Å²) in [6.45, 7) is 2.26. The van der Waals surface area contributed by atoms with E-state index in [0.717, 1.165) is 18.4 Å². The van der Waals surface area contributed by atoms with Gasteiger partial charge < -0.3 is 25.3 Å². The Hall–Kier alpha value is -4.25. The molecule has 236 valence electrons. The van der Waals surface area contributed by atoms with Crippen LogP contribution in [0.1, 0.15) is 57.4 Å². The largest absolute Gasteiger partial charge is 0.387 e. The van der Waals surface area contributed by atoms with E-state index in [1.165, 1.54) is 4.90 Å². The number of para-hydroxylation sites is 1. The first-order chi connectivity index (χ1) is 21.7. The second-order valence-corrected chi connectivity index (χ2v) is 12.8. The van der Waals surface area contributed by atoms with Crippen molar-refractivity contribution in [1.82, 2.24) is 15.5 Å². The molecule has 2 N–H and O–H groups in total. The molecule has 6 rings (SSSR count). The van der Waals surface area contributed by atoms with Crippen LogP contribution in [0.25, 0.3) is 0 Å². The predicted octanol–water partition coefficient (Wildman–Crippen LogP) is 2.99. The molecule has 0 bridgehead atoms. The molecule has 4 atom stereocenters. The lowest BCUT2D eigenvalue weighted by Gasteiger charge is -2.27. The molecule has 11 nitrogen and oxygen atoms in total. The summed E-state index contributed by atoms with van der Waals surface area (Å²) >= 11 is 6.21. The molecule has 2 aromatic rings. The molecule has 2 aromatic carbocycles. The summed E-state index contributed by atoms with van der Waals surface area (Å²) in [5, 5.41) is 10.3. The van der Waals surface area contributed by atoms with Gasteiger partial charge in [-0.25, -0.2) is 0 Å². The first-order valence-electron chi connectivity index (χ1n) is 15.5. The number of carbonyl (C=O) groups is 5. The third kappa shape index (κ3) is 6.45. The lowest BCUT2D eigenvalue weighted by Crippen LogP contribution is -2.54. The van der Waals surface area contributed by atoms with Crippen molar-refractivity contribution >= 4 is 52.4 Å². The number of likely N-dealkylation sites (tertiary alicyclic amines) is 1. The Kier molecular flexibility index (Phi) is 8.63. The second kappa shape index (κ2) is 12.6. The summed E-state index contributed by atoms with van der Waals surface area (Å²) in [4.78, 5) is 76.2. The monoisotopic (exact) mass is 633 g/mol. The van der Waals surface area contributed by atoms with Crippen molar-refractivity contribution in [1.29, 1.82) is 0 Å².